The van der Waals surface area contributed by atoms with Crippen LogP contribution >= 0.6 is 0 Å². The van der Waals surface area contributed by atoms with Crippen LogP contribution in [0.2, 0.25) is 0 Å². The maximum absolute atomic E-state index is 11.9. The minimum absolute atomic E-state index is 0.0287. The number of aliphatic hydroxyl groups excluding tert-OH is 1. The molecule has 2 rings (SSSR count). The van der Waals surface area contributed by atoms with Crippen molar-refractivity contribution < 1.29 is 29.3 Å². The number of amides is 2. The molecule has 1 aliphatic heterocycles. The van der Waals surface area contributed by atoms with Gasteiger partial charge in [-0.2, -0.15) is 0 Å². The van der Waals surface area contributed by atoms with E-state index in [1.165, 1.54) is 12.1 Å². The van der Waals surface area contributed by atoms with Crippen molar-refractivity contribution in [2.24, 2.45) is 0 Å². The first-order valence-corrected chi connectivity index (χ1v) is 6.23. The third-order valence-electron chi connectivity index (χ3n) is 2.87. The normalized spacial score (nSPS) is 14.4. The highest BCUT2D eigenvalue weighted by molar-refractivity contribution is 5.98. The largest absolute Gasteiger partial charge is 0.482 e. The average molecular weight is 294 g/mol. The lowest BCUT2D eigenvalue weighted by Crippen LogP contribution is -2.30. The summed E-state index contributed by atoms with van der Waals surface area (Å²) in [5.74, 6) is -1.62. The number of aliphatic carboxylic acids is 1. The summed E-state index contributed by atoms with van der Waals surface area (Å²) in [6.45, 7) is -0.0795. The highest BCUT2D eigenvalue weighted by Crippen LogP contribution is 2.28. The van der Waals surface area contributed by atoms with E-state index in [1.54, 1.807) is 6.07 Å². The van der Waals surface area contributed by atoms with Gasteiger partial charge in [0.25, 0.3) is 11.8 Å². The summed E-state index contributed by atoms with van der Waals surface area (Å²) in [4.78, 5) is 33.4. The van der Waals surface area contributed by atoms with Crippen molar-refractivity contribution in [3.05, 3.63) is 23.8 Å². The van der Waals surface area contributed by atoms with E-state index in [0.717, 1.165) is 0 Å². The van der Waals surface area contributed by atoms with E-state index in [-0.39, 0.29) is 25.5 Å². The van der Waals surface area contributed by atoms with Crippen LogP contribution < -0.4 is 15.4 Å². The number of carbonyl (C=O) groups is 3. The van der Waals surface area contributed by atoms with E-state index in [4.69, 9.17) is 14.9 Å². The van der Waals surface area contributed by atoms with Crippen molar-refractivity contribution in [1.29, 1.82) is 0 Å². The van der Waals surface area contributed by atoms with Gasteiger partial charge >= 0.3 is 5.97 Å². The van der Waals surface area contributed by atoms with E-state index in [9.17, 15) is 14.4 Å². The first-order chi connectivity index (χ1) is 9.97. The van der Waals surface area contributed by atoms with Crippen LogP contribution in [0.3, 0.4) is 0 Å². The van der Waals surface area contributed by atoms with Crippen LogP contribution in [0, 0.1) is 0 Å². The molecule has 21 heavy (non-hydrogen) atoms. The van der Waals surface area contributed by atoms with Gasteiger partial charge in [-0.3, -0.25) is 9.59 Å². The van der Waals surface area contributed by atoms with Crippen LogP contribution in [-0.4, -0.2) is 47.3 Å². The van der Waals surface area contributed by atoms with Crippen LogP contribution in [0.1, 0.15) is 16.8 Å². The zero-order valence-electron chi connectivity index (χ0n) is 11.0. The van der Waals surface area contributed by atoms with Gasteiger partial charge in [0, 0.05) is 18.5 Å². The Kier molecular flexibility index (Phi) is 4.39. The van der Waals surface area contributed by atoms with Crippen LogP contribution in [0.15, 0.2) is 18.2 Å². The molecule has 0 fully saturated rings. The highest BCUT2D eigenvalue weighted by atomic mass is 16.5. The number of anilines is 1. The van der Waals surface area contributed by atoms with Gasteiger partial charge in [0.05, 0.1) is 5.69 Å². The topological polar surface area (TPSA) is 125 Å². The fourth-order valence-corrected chi connectivity index (χ4v) is 1.76. The number of ether oxygens (including phenoxy) is 1. The van der Waals surface area contributed by atoms with Gasteiger partial charge in [0.15, 0.2) is 12.7 Å². The van der Waals surface area contributed by atoms with E-state index in [0.29, 0.717) is 17.0 Å². The van der Waals surface area contributed by atoms with Gasteiger partial charge in [0.1, 0.15) is 5.75 Å². The Bertz CT molecular complexity index is 586. The standard InChI is InChI=1S/C13H14N2O6/c16-9(13(19)20)3-4-14-12(18)7-1-2-8-10(5-7)21-6-11(17)15-8/h1-2,5,9,16H,3-4,6H2,(H,14,18)(H,15,17)(H,19,20). The lowest BCUT2D eigenvalue weighted by molar-refractivity contribution is -0.146. The van der Waals surface area contributed by atoms with Crippen molar-refractivity contribution in [1.82, 2.24) is 5.32 Å². The van der Waals surface area contributed by atoms with E-state index in [2.05, 4.69) is 10.6 Å². The van der Waals surface area contributed by atoms with Crippen molar-refractivity contribution in [3.63, 3.8) is 0 Å². The number of carbonyl (C=O) groups excluding carboxylic acids is 2. The lowest BCUT2D eigenvalue weighted by atomic mass is 10.1. The number of nitrogens with one attached hydrogen (secondary N) is 2. The molecule has 8 heteroatoms. The number of hydrogen-bond donors (Lipinski definition) is 4. The molecule has 1 aliphatic rings. The monoisotopic (exact) mass is 294 g/mol. The molecule has 0 spiro atoms. The number of fused-ring (bicyclic) bond motifs is 1. The summed E-state index contributed by atoms with van der Waals surface area (Å²) in [7, 11) is 0. The molecule has 1 heterocycles. The maximum Gasteiger partial charge on any atom is 0.332 e. The Morgan fingerprint density at radius 1 is 1.43 bits per heavy atom. The molecule has 1 aromatic carbocycles. The first-order valence-electron chi connectivity index (χ1n) is 6.23. The number of benzene rings is 1. The number of carboxylic acids is 1. The zero-order chi connectivity index (χ0) is 15.4. The number of carboxylic acid groups (broad SMARTS) is 1. The van der Waals surface area contributed by atoms with E-state index in [1.807, 2.05) is 0 Å². The van der Waals surface area contributed by atoms with E-state index < -0.39 is 18.0 Å². The first kappa shape index (κ1) is 14.8. The third kappa shape index (κ3) is 3.69. The van der Waals surface area contributed by atoms with Crippen LogP contribution in [0.4, 0.5) is 5.69 Å². The summed E-state index contributed by atoms with van der Waals surface area (Å²) < 4.78 is 5.19. The second-order valence-corrected chi connectivity index (χ2v) is 4.45. The molecule has 1 atom stereocenters. The van der Waals surface area contributed by atoms with Crippen LogP contribution in [0.5, 0.6) is 5.75 Å². The number of rotatable bonds is 5. The Morgan fingerprint density at radius 2 is 2.19 bits per heavy atom. The number of aliphatic hydroxyl groups is 1. The molecule has 0 saturated heterocycles. The van der Waals surface area contributed by atoms with Gasteiger partial charge < -0.3 is 25.6 Å². The summed E-state index contributed by atoms with van der Waals surface area (Å²) in [5, 5.41) is 22.7. The van der Waals surface area contributed by atoms with Crippen molar-refractivity contribution in [2.75, 3.05) is 18.5 Å². The second-order valence-electron chi connectivity index (χ2n) is 4.45. The zero-order valence-corrected chi connectivity index (χ0v) is 11.0. The molecule has 0 aromatic heterocycles. The molecule has 4 N–H and O–H groups in total. The van der Waals surface area contributed by atoms with Gasteiger partial charge in [-0.05, 0) is 18.2 Å². The molecule has 0 saturated carbocycles. The van der Waals surface area contributed by atoms with Crippen molar-refractivity contribution in [3.8, 4) is 5.75 Å². The van der Waals surface area contributed by atoms with Crippen molar-refractivity contribution >= 4 is 23.5 Å². The molecule has 112 valence electrons. The molecule has 0 aliphatic carbocycles. The van der Waals surface area contributed by atoms with Crippen LogP contribution in [0.25, 0.3) is 0 Å². The predicted octanol–water partition coefficient (Wildman–Crippen LogP) is -0.417. The Morgan fingerprint density at radius 3 is 2.90 bits per heavy atom. The second kappa shape index (κ2) is 6.23. The predicted molar refractivity (Wildman–Crippen MR) is 71.2 cm³/mol. The molecule has 1 aromatic rings. The molecular weight excluding hydrogens is 280 g/mol. The maximum atomic E-state index is 11.9. The molecule has 1 unspecified atom stereocenters. The molecule has 0 radical (unpaired) electrons. The SMILES string of the molecule is O=C1COc2cc(C(=O)NCCC(O)C(=O)O)ccc2N1. The minimum atomic E-state index is -1.51. The lowest BCUT2D eigenvalue weighted by Gasteiger charge is -2.18. The average Bonchev–Trinajstić information content (AvgIpc) is 2.46. The minimum Gasteiger partial charge on any atom is -0.482 e. The highest BCUT2D eigenvalue weighted by Gasteiger charge is 2.18. The fraction of sp³-hybridized carbons (Fsp3) is 0.308. The molecule has 0 bridgehead atoms. The Labute approximate surface area is 119 Å². The quantitative estimate of drug-likeness (QED) is 0.584. The summed E-state index contributed by atoms with van der Waals surface area (Å²) in [5.41, 5.74) is 0.804. The van der Waals surface area contributed by atoms with Crippen LogP contribution in [-0.2, 0) is 9.59 Å². The van der Waals surface area contributed by atoms with Gasteiger partial charge in [-0.15, -0.1) is 0 Å². The molecule has 2 amide bonds. The van der Waals surface area contributed by atoms with Gasteiger partial charge in [0.2, 0.25) is 0 Å². The van der Waals surface area contributed by atoms with Gasteiger partial charge in [-0.1, -0.05) is 0 Å². The fourth-order valence-electron chi connectivity index (χ4n) is 1.76. The Hall–Kier alpha value is -2.61. The van der Waals surface area contributed by atoms with Crippen molar-refractivity contribution in [2.45, 2.75) is 12.5 Å². The Balaban J connectivity index is 1.94. The third-order valence-corrected chi connectivity index (χ3v) is 2.87. The number of hydrogen-bond acceptors (Lipinski definition) is 5. The smallest absolute Gasteiger partial charge is 0.332 e. The summed E-state index contributed by atoms with van der Waals surface area (Å²) in [6.07, 6.45) is -1.59. The van der Waals surface area contributed by atoms with Gasteiger partial charge in [-0.25, -0.2) is 4.79 Å². The molecule has 8 nitrogen and oxygen atoms in total. The summed E-state index contributed by atoms with van der Waals surface area (Å²) >= 11 is 0. The van der Waals surface area contributed by atoms with E-state index >= 15 is 0 Å². The molecular formula is C13H14N2O6. The summed E-state index contributed by atoms with van der Waals surface area (Å²) in [6, 6.07) is 4.54.